The number of hydrogen-bond acceptors (Lipinski definition) is 12. The molecule has 0 fully saturated rings. The number of thiophene rings is 3. The van der Waals surface area contributed by atoms with Gasteiger partial charge in [0.1, 0.15) is 10.3 Å². The van der Waals surface area contributed by atoms with E-state index in [2.05, 4.69) is 412 Å². The molecule has 0 bridgehead atoms. The Hall–Kier alpha value is -7.72. The molecule has 0 radical (unpaired) electrons. The molecule has 0 atom stereocenters. The molecule has 0 spiro atoms. The van der Waals surface area contributed by atoms with Gasteiger partial charge in [-0.05, 0) is 124 Å². The monoisotopic (exact) mass is 1780 g/mol. The Balaban J connectivity index is 0.000000211. The maximum Gasteiger partial charge on any atom is 1.00 e. The van der Waals surface area contributed by atoms with Crippen LogP contribution in [0.2, 0.25) is 10.3 Å². The summed E-state index contributed by atoms with van der Waals surface area (Å²) in [6.45, 7) is -0.181. The van der Waals surface area contributed by atoms with E-state index in [0.29, 0.717) is 15.1 Å². The van der Waals surface area contributed by atoms with Crippen molar-refractivity contribution in [3.63, 3.8) is 0 Å². The average Bonchev–Trinajstić information content (AvgIpc) is 1.35. The number of aromatic nitrogens is 4. The molecule has 12 aromatic carbocycles. The van der Waals surface area contributed by atoms with Crippen LogP contribution in [0.4, 0.5) is 0 Å². The SMILES string of the molecule is Clc1cncc(Cl)n1.O=CO[O-].OB(O)c1cccs1.[H-].[Na+].[Na+].[Pd].c1ccc(P(c2ccccc2)c2ccccc2)cc1.c1ccc(P(c2ccccc2)c2ccccc2)cc1.c1ccc(P(c2ccccc2)c2ccccc2)cc1.c1ccc(P(c2ccccc2)c2ccccc2)cc1.c1csc(-c2cncc(-c3cccs3)n2)c1. The molecular weight excluding hydrogens is 1710 g/mol. The van der Waals surface area contributed by atoms with Crippen LogP contribution in [0.25, 0.3) is 21.1 Å². The molecule has 17 aromatic rings. The van der Waals surface area contributed by atoms with Gasteiger partial charge in [0, 0.05) is 25.2 Å². The smallest absolute Gasteiger partial charge is 1.00 e. The molecule has 17 rings (SSSR count). The zero-order valence-electron chi connectivity index (χ0n) is 63.8. The van der Waals surface area contributed by atoms with E-state index in [0.717, 1.165) is 21.1 Å². The second-order valence-corrected chi connectivity index (χ2v) is 35.9. The van der Waals surface area contributed by atoms with Gasteiger partial charge in [0.05, 0.1) is 45.9 Å². The molecule has 0 saturated carbocycles. The summed E-state index contributed by atoms with van der Waals surface area (Å²) in [6.07, 6.45) is 6.47. The Morgan fingerprint density at radius 3 is 0.635 bits per heavy atom. The molecule has 0 saturated heterocycles. The topological polar surface area (TPSA) is 141 Å². The van der Waals surface area contributed by atoms with Gasteiger partial charge in [-0.1, -0.05) is 411 Å². The van der Waals surface area contributed by atoms with Gasteiger partial charge in [0.15, 0.2) is 0 Å². The first-order chi connectivity index (χ1) is 55.2. The summed E-state index contributed by atoms with van der Waals surface area (Å²) in [5.41, 5.74) is 1.89. The predicted molar refractivity (Wildman–Crippen MR) is 484 cm³/mol. The average molecular weight is 1780 g/mol. The molecule has 0 amide bonds. The number of hydrogen-bond donors (Lipinski definition) is 2. The second-order valence-electron chi connectivity index (χ2n) is 23.4. The number of benzene rings is 12. The van der Waals surface area contributed by atoms with Crippen molar-refractivity contribution in [2.75, 3.05) is 0 Å². The van der Waals surface area contributed by atoms with Gasteiger partial charge in [-0.3, -0.25) is 14.8 Å². The van der Waals surface area contributed by atoms with Crippen molar-refractivity contribution >= 4 is 171 Å². The first-order valence-corrected chi connectivity index (χ1v) is 44.0. The minimum atomic E-state index is -1.30. The summed E-state index contributed by atoms with van der Waals surface area (Å²) in [4.78, 5) is 29.7. The van der Waals surface area contributed by atoms with E-state index < -0.39 is 38.8 Å². The van der Waals surface area contributed by atoms with Gasteiger partial charge in [-0.25, -0.2) is 9.97 Å². The van der Waals surface area contributed by atoms with E-state index in [-0.39, 0.29) is 87.4 Å². The summed E-state index contributed by atoms with van der Waals surface area (Å²) < 4.78 is 0.588. The minimum absolute atomic E-state index is 0. The summed E-state index contributed by atoms with van der Waals surface area (Å²) in [5, 5.41) is 48.7. The second kappa shape index (κ2) is 55.0. The Bertz CT molecular complexity index is 4410. The third-order valence-corrected chi connectivity index (χ3v) is 28.6. The Labute approximate surface area is 761 Å². The number of carbonyl (C=O) groups excluding carboxylic acids is 1. The molecule has 0 aliphatic carbocycles. The van der Waals surface area contributed by atoms with Crippen molar-refractivity contribution in [2.24, 2.45) is 0 Å². The molecule has 5 heterocycles. The number of nitrogens with zero attached hydrogens (tertiary/aromatic N) is 4. The first kappa shape index (κ1) is 94.4. The van der Waals surface area contributed by atoms with E-state index in [1.54, 1.807) is 40.2 Å². The van der Waals surface area contributed by atoms with Crippen LogP contribution in [-0.4, -0.2) is 43.6 Å². The van der Waals surface area contributed by atoms with Crippen LogP contribution in [0.3, 0.4) is 0 Å². The van der Waals surface area contributed by atoms with E-state index in [1.807, 2.05) is 24.5 Å². The number of halogens is 2. The quantitative estimate of drug-likeness (QED) is 0.0318. The molecule has 0 aliphatic heterocycles. The van der Waals surface area contributed by atoms with Crippen molar-refractivity contribution < 1.29 is 106 Å². The summed E-state index contributed by atoms with van der Waals surface area (Å²) in [5.74, 6) is 0. The molecule has 9 nitrogen and oxygen atoms in total. The van der Waals surface area contributed by atoms with Crippen LogP contribution in [0.1, 0.15) is 1.43 Å². The Morgan fingerprint density at radius 2 is 0.496 bits per heavy atom. The summed E-state index contributed by atoms with van der Waals surface area (Å²) in [7, 11) is -3.08. The van der Waals surface area contributed by atoms with Crippen LogP contribution >= 0.6 is 88.9 Å². The van der Waals surface area contributed by atoms with Crippen molar-refractivity contribution in [2.45, 2.75) is 0 Å². The fourth-order valence-corrected chi connectivity index (χ4v) is 22.4. The molecule has 22 heteroatoms. The summed E-state index contributed by atoms with van der Waals surface area (Å²) in [6, 6.07) is 141. The van der Waals surface area contributed by atoms with E-state index in [9.17, 15) is 0 Å². The third kappa shape index (κ3) is 31.9. The Kier molecular flexibility index (Phi) is 45.2. The van der Waals surface area contributed by atoms with Gasteiger partial charge >= 0.3 is 66.2 Å². The standard InChI is InChI=1S/4C18H15P.C12H8N2S2.C4H5BO2S.C4H2Cl2N2.CH2O3.2Na.Pd.H/c4*1-4-10-16(11-5-1)19(17-12-6-2-7-13-17)18-14-8-3-9-15-18;1-3-11(15-5-1)9-7-13-8-10(14-9)12-4-2-6-16-12;6-5(7)4-2-1-3-8-4;5-3-1-7-2-4(6)8-3;2-1-4-3;;;;/h4*1-15H;1-8H;1-3,6-7H;1-2H;1,3H;;;;/q;;;;;;;;2*+1;;-1/p-1. The Morgan fingerprint density at radius 1 is 0.304 bits per heavy atom. The van der Waals surface area contributed by atoms with E-state index >= 15 is 0 Å². The van der Waals surface area contributed by atoms with Crippen molar-refractivity contribution in [3.05, 3.63) is 452 Å². The van der Waals surface area contributed by atoms with Crippen LogP contribution in [0, 0.1) is 0 Å². The maximum atomic E-state index is 8.64. The molecule has 0 unspecified atom stereocenters. The van der Waals surface area contributed by atoms with E-state index in [1.165, 1.54) is 87.4 Å². The van der Waals surface area contributed by atoms with Crippen LogP contribution in [-0.2, 0) is 30.1 Å². The number of rotatable bonds is 16. The zero-order valence-corrected chi connectivity index (χ0v) is 75.9. The zero-order chi connectivity index (χ0) is 77.8. The van der Waals surface area contributed by atoms with E-state index in [4.69, 9.17) is 43.3 Å². The number of carbonyl (C=O) groups is 1. The predicted octanol–water partition coefficient (Wildman–Crippen LogP) is 11.5. The minimum Gasteiger partial charge on any atom is -1.00 e. The van der Waals surface area contributed by atoms with Gasteiger partial charge in [0.2, 0.25) is 0 Å². The molecule has 115 heavy (non-hydrogen) atoms. The largest absolute Gasteiger partial charge is 1.00 e. The van der Waals surface area contributed by atoms with Crippen molar-refractivity contribution in [1.82, 2.24) is 19.9 Å². The first-order valence-electron chi connectivity index (χ1n) is 35.2. The molecule has 5 aromatic heterocycles. The van der Waals surface area contributed by atoms with Crippen LogP contribution in [0.5, 0.6) is 0 Å². The van der Waals surface area contributed by atoms with Crippen LogP contribution < -0.4 is 133 Å². The van der Waals surface area contributed by atoms with Crippen LogP contribution in [0.15, 0.2) is 441 Å². The molecule has 2 N–H and O–H groups in total. The third-order valence-electron chi connectivity index (χ3n) is 15.8. The fourth-order valence-electron chi connectivity index (χ4n) is 10.9. The van der Waals surface area contributed by atoms with Gasteiger partial charge in [0.25, 0.3) is 6.47 Å². The van der Waals surface area contributed by atoms with Gasteiger partial charge in [-0.15, -0.1) is 22.7 Å². The summed E-state index contributed by atoms with van der Waals surface area (Å²) >= 11 is 15.5. The van der Waals surface area contributed by atoms with Crippen molar-refractivity contribution in [1.29, 1.82) is 0 Å². The fraction of sp³-hybridized carbons (Fsp3) is 0. The molecule has 566 valence electrons. The van der Waals surface area contributed by atoms with Gasteiger partial charge in [-0.2, -0.15) is 11.3 Å². The van der Waals surface area contributed by atoms with Crippen molar-refractivity contribution in [3.8, 4) is 21.1 Å². The maximum absolute atomic E-state index is 8.64. The normalized spacial score (nSPS) is 9.92. The van der Waals surface area contributed by atoms with Gasteiger partial charge < -0.3 is 21.6 Å². The molecular formula is C93H77BCl2N4Na2O5P4PdS3. The molecule has 0 aliphatic rings.